The zero-order chi connectivity index (χ0) is 17.9. The fourth-order valence-electron chi connectivity index (χ4n) is 3.60. The van der Waals surface area contributed by atoms with Gasteiger partial charge >= 0.3 is 0 Å². The lowest BCUT2D eigenvalue weighted by Crippen LogP contribution is -2.43. The zero-order valence-electron chi connectivity index (χ0n) is 14.6. The number of nitrogens with zero attached hydrogens (tertiary/aromatic N) is 1. The Kier molecular flexibility index (Phi) is 5.55. The summed E-state index contributed by atoms with van der Waals surface area (Å²) in [5.41, 5.74) is 8.66. The number of nitrogens with one attached hydrogen (secondary N) is 3. The average molecular weight is 391 g/mol. The quantitative estimate of drug-likeness (QED) is 0.734. The summed E-state index contributed by atoms with van der Waals surface area (Å²) in [7, 11) is 0. The van der Waals surface area contributed by atoms with E-state index < -0.39 is 0 Å². The van der Waals surface area contributed by atoms with E-state index in [2.05, 4.69) is 16.2 Å². The van der Waals surface area contributed by atoms with E-state index in [0.29, 0.717) is 18.0 Å². The van der Waals surface area contributed by atoms with Gasteiger partial charge in [0.25, 0.3) is 0 Å². The summed E-state index contributed by atoms with van der Waals surface area (Å²) in [6, 6.07) is 7.61. The third kappa shape index (κ3) is 4.09. The van der Waals surface area contributed by atoms with Gasteiger partial charge in [-0.3, -0.25) is 4.79 Å². The van der Waals surface area contributed by atoms with Crippen LogP contribution in [0, 0.1) is 0 Å². The van der Waals surface area contributed by atoms with Gasteiger partial charge in [-0.1, -0.05) is 23.7 Å². The lowest BCUT2D eigenvalue weighted by atomic mass is 10.0. The Labute approximate surface area is 162 Å². The van der Waals surface area contributed by atoms with Crippen molar-refractivity contribution in [3.63, 3.8) is 0 Å². The molecule has 1 aromatic heterocycles. The molecule has 5 nitrogen and oxygen atoms in total. The third-order valence-electron chi connectivity index (χ3n) is 5.00. The van der Waals surface area contributed by atoms with Crippen LogP contribution in [0.1, 0.15) is 46.4 Å². The molecule has 0 bridgehead atoms. The SMILES string of the molecule is O=C(NCCc1nc2c(s1)CCCC2)C1CC(c2cccc(Cl)c2)NN1. The van der Waals surface area contributed by atoms with Crippen LogP contribution in [0.3, 0.4) is 0 Å². The molecular weight excluding hydrogens is 368 g/mol. The summed E-state index contributed by atoms with van der Waals surface area (Å²) in [6.07, 6.45) is 6.32. The number of carbonyl (C=O) groups excluding carboxylic acids is 1. The number of benzene rings is 1. The van der Waals surface area contributed by atoms with Crippen molar-refractivity contribution in [2.75, 3.05) is 6.54 Å². The van der Waals surface area contributed by atoms with Gasteiger partial charge in [-0.2, -0.15) is 0 Å². The second kappa shape index (κ2) is 8.05. The lowest BCUT2D eigenvalue weighted by Gasteiger charge is -2.10. The van der Waals surface area contributed by atoms with E-state index in [1.165, 1.54) is 29.8 Å². The minimum Gasteiger partial charge on any atom is -0.354 e. The van der Waals surface area contributed by atoms with Crippen molar-refractivity contribution in [3.8, 4) is 0 Å². The maximum Gasteiger partial charge on any atom is 0.238 e. The predicted octanol–water partition coefficient (Wildman–Crippen LogP) is 2.94. The van der Waals surface area contributed by atoms with Crippen molar-refractivity contribution in [2.45, 2.75) is 50.6 Å². The highest BCUT2D eigenvalue weighted by molar-refractivity contribution is 7.11. The molecule has 1 fully saturated rings. The first-order valence-electron chi connectivity index (χ1n) is 9.21. The highest BCUT2D eigenvalue weighted by Gasteiger charge is 2.30. The van der Waals surface area contributed by atoms with Gasteiger partial charge in [0, 0.05) is 28.9 Å². The minimum atomic E-state index is -0.233. The normalized spacial score (nSPS) is 22.2. The van der Waals surface area contributed by atoms with Gasteiger partial charge in [0.1, 0.15) is 6.04 Å². The van der Waals surface area contributed by atoms with Gasteiger partial charge in [-0.15, -0.1) is 11.3 Å². The summed E-state index contributed by atoms with van der Waals surface area (Å²) in [6.45, 7) is 0.630. The Morgan fingerprint density at radius 2 is 2.19 bits per heavy atom. The molecule has 3 N–H and O–H groups in total. The molecule has 0 radical (unpaired) electrons. The number of hydrogen-bond donors (Lipinski definition) is 3. The van der Waals surface area contributed by atoms with E-state index in [4.69, 9.17) is 16.6 Å². The molecule has 7 heteroatoms. The van der Waals surface area contributed by atoms with Crippen LogP contribution >= 0.6 is 22.9 Å². The third-order valence-corrected chi connectivity index (χ3v) is 6.45. The number of carbonyl (C=O) groups is 1. The Hall–Kier alpha value is -1.47. The molecule has 138 valence electrons. The van der Waals surface area contributed by atoms with E-state index in [1.807, 2.05) is 35.6 Å². The molecule has 0 saturated carbocycles. The van der Waals surface area contributed by atoms with Crippen molar-refractivity contribution < 1.29 is 4.79 Å². The summed E-state index contributed by atoms with van der Waals surface area (Å²) in [4.78, 5) is 18.6. The second-order valence-electron chi connectivity index (χ2n) is 6.91. The second-order valence-corrected chi connectivity index (χ2v) is 8.51. The van der Waals surface area contributed by atoms with Crippen LogP contribution in [-0.2, 0) is 24.1 Å². The zero-order valence-corrected chi connectivity index (χ0v) is 16.1. The van der Waals surface area contributed by atoms with Gasteiger partial charge in [0.2, 0.25) is 5.91 Å². The van der Waals surface area contributed by atoms with Crippen molar-refractivity contribution >= 4 is 28.8 Å². The van der Waals surface area contributed by atoms with Gasteiger partial charge < -0.3 is 5.32 Å². The monoisotopic (exact) mass is 390 g/mol. The number of halogens is 1. The van der Waals surface area contributed by atoms with Crippen LogP contribution < -0.4 is 16.2 Å². The number of thiazole rings is 1. The molecule has 4 rings (SSSR count). The number of hydrazine groups is 1. The first-order valence-corrected chi connectivity index (χ1v) is 10.4. The van der Waals surface area contributed by atoms with Crippen LogP contribution in [-0.4, -0.2) is 23.5 Å². The van der Waals surface area contributed by atoms with Gasteiger partial charge in [0.15, 0.2) is 0 Å². The first-order chi connectivity index (χ1) is 12.7. The molecule has 1 amide bonds. The van der Waals surface area contributed by atoms with Crippen LogP contribution in [0.25, 0.3) is 0 Å². The number of rotatable bonds is 5. The van der Waals surface area contributed by atoms with Crippen LogP contribution in [0.5, 0.6) is 0 Å². The number of hydrogen-bond acceptors (Lipinski definition) is 5. The molecule has 26 heavy (non-hydrogen) atoms. The maximum atomic E-state index is 12.4. The largest absolute Gasteiger partial charge is 0.354 e. The molecule has 2 aliphatic rings. The summed E-state index contributed by atoms with van der Waals surface area (Å²) < 4.78 is 0. The number of aryl methyl sites for hydroxylation is 2. The molecular formula is C19H23ClN4OS. The molecule has 2 heterocycles. The molecule has 1 aliphatic heterocycles. The van der Waals surface area contributed by atoms with Gasteiger partial charge in [-0.25, -0.2) is 15.8 Å². The molecule has 0 spiro atoms. The van der Waals surface area contributed by atoms with Crippen molar-refractivity contribution in [2.24, 2.45) is 0 Å². The fraction of sp³-hybridized carbons (Fsp3) is 0.474. The number of amides is 1. The Balaban J connectivity index is 1.26. The molecule has 2 unspecified atom stereocenters. The fourth-order valence-corrected chi connectivity index (χ4v) is 4.95. The van der Waals surface area contributed by atoms with Crippen molar-refractivity contribution in [1.82, 2.24) is 21.2 Å². The van der Waals surface area contributed by atoms with Crippen LogP contribution in [0.4, 0.5) is 0 Å². The lowest BCUT2D eigenvalue weighted by molar-refractivity contribution is -0.122. The Morgan fingerprint density at radius 3 is 3.04 bits per heavy atom. The van der Waals surface area contributed by atoms with Crippen molar-refractivity contribution in [3.05, 3.63) is 50.4 Å². The molecule has 2 aromatic rings. The smallest absolute Gasteiger partial charge is 0.238 e. The highest BCUT2D eigenvalue weighted by Crippen LogP contribution is 2.27. The maximum absolute atomic E-state index is 12.4. The average Bonchev–Trinajstić information content (AvgIpc) is 3.28. The van der Waals surface area contributed by atoms with E-state index in [9.17, 15) is 4.79 Å². The molecule has 2 atom stereocenters. The molecule has 1 aromatic carbocycles. The van der Waals surface area contributed by atoms with Crippen molar-refractivity contribution in [1.29, 1.82) is 0 Å². The summed E-state index contributed by atoms with van der Waals surface area (Å²) >= 11 is 7.87. The minimum absolute atomic E-state index is 0.0309. The summed E-state index contributed by atoms with van der Waals surface area (Å²) in [5.74, 6) is 0.0309. The van der Waals surface area contributed by atoms with Crippen LogP contribution in [0.15, 0.2) is 24.3 Å². The molecule has 1 saturated heterocycles. The van der Waals surface area contributed by atoms with E-state index in [1.54, 1.807) is 0 Å². The van der Waals surface area contributed by atoms with E-state index in [0.717, 1.165) is 23.4 Å². The Morgan fingerprint density at radius 1 is 1.31 bits per heavy atom. The van der Waals surface area contributed by atoms with E-state index in [-0.39, 0.29) is 18.0 Å². The predicted molar refractivity (Wildman–Crippen MR) is 104 cm³/mol. The standard InChI is InChI=1S/C19H23ClN4OS/c20-13-5-3-4-12(10-13)15-11-16(24-23-15)19(25)21-9-8-18-22-14-6-1-2-7-17(14)26-18/h3-5,10,15-16,23-24H,1-2,6-9,11H2,(H,21,25). The van der Waals surface area contributed by atoms with E-state index >= 15 is 0 Å². The van der Waals surface area contributed by atoms with Gasteiger partial charge in [0.05, 0.1) is 10.7 Å². The number of aromatic nitrogens is 1. The first kappa shape index (κ1) is 17.9. The number of fused-ring (bicyclic) bond motifs is 1. The molecule has 1 aliphatic carbocycles. The highest BCUT2D eigenvalue weighted by atomic mass is 35.5. The van der Waals surface area contributed by atoms with Crippen LogP contribution in [0.2, 0.25) is 5.02 Å². The van der Waals surface area contributed by atoms with Gasteiger partial charge in [-0.05, 0) is 49.8 Å². The Bertz CT molecular complexity index is 770. The summed E-state index contributed by atoms with van der Waals surface area (Å²) in [5, 5.41) is 4.89. The topological polar surface area (TPSA) is 66.0 Å².